The van der Waals surface area contributed by atoms with Gasteiger partial charge in [-0.05, 0) is 113 Å². The van der Waals surface area contributed by atoms with Crippen LogP contribution in [-0.2, 0) is 63.2 Å². The Hall–Kier alpha value is -4.41. The molecule has 1 heterocycles. The molecule has 16 heteroatoms. The Morgan fingerprint density at radius 1 is 0.652 bits per heavy atom. The van der Waals surface area contributed by atoms with Crippen molar-refractivity contribution < 1.29 is 69.1 Å². The molecule has 0 saturated carbocycles. The maximum Gasteiger partial charge on any atom is 0.508 e. The summed E-state index contributed by atoms with van der Waals surface area (Å²) in [5.41, 5.74) is -0.417. The van der Waals surface area contributed by atoms with E-state index in [1.165, 1.54) is 43.5 Å². The number of hydrogen-bond acceptors (Lipinski definition) is 10. The summed E-state index contributed by atoms with van der Waals surface area (Å²) in [4.78, 5) is 40.7. The van der Waals surface area contributed by atoms with Gasteiger partial charge in [0.2, 0.25) is 0 Å². The van der Waals surface area contributed by atoms with Crippen LogP contribution < -0.4 is 0 Å². The molecule has 2 aromatic rings. The number of unbranched alkanes of at least 4 members (excludes halogenated alkanes) is 8. The highest BCUT2D eigenvalue weighted by molar-refractivity contribution is 5.69. The lowest BCUT2D eigenvalue weighted by Gasteiger charge is -2.31. The Bertz CT molecular complexity index is 1710. The van der Waals surface area contributed by atoms with Gasteiger partial charge in [-0.15, -0.1) is 0 Å². The molecule has 2 aromatic carbocycles. The second-order valence-electron chi connectivity index (χ2n) is 17.6. The second-order valence-corrected chi connectivity index (χ2v) is 17.6. The van der Waals surface area contributed by atoms with E-state index < -0.39 is 53.8 Å². The third-order valence-electron chi connectivity index (χ3n) is 11.8. The number of esters is 2. The lowest BCUT2D eigenvalue weighted by molar-refractivity contribution is -0.160. The van der Waals surface area contributed by atoms with Crippen LogP contribution in [0.5, 0.6) is 0 Å². The molecule has 2 atom stereocenters. The largest absolute Gasteiger partial charge is 0.508 e. The number of likely N-dealkylation sites (tertiary alicyclic amines) is 1. The predicted octanol–water partition coefficient (Wildman–Crippen LogP) is 13.1. The number of carbonyl (C=O) groups is 3. The normalized spacial score (nSPS) is 15.2. The van der Waals surface area contributed by atoms with Crippen molar-refractivity contribution in [2.45, 2.75) is 148 Å². The molecule has 1 saturated heterocycles. The first kappa shape index (κ1) is 58.9. The minimum Gasteiger partial charge on any atom is -0.465 e. The molecule has 10 nitrogen and oxygen atoms in total. The van der Waals surface area contributed by atoms with Gasteiger partial charge < -0.3 is 33.3 Å². The van der Waals surface area contributed by atoms with Crippen LogP contribution in [0.1, 0.15) is 139 Å². The monoisotopic (exact) mass is 984 g/mol. The van der Waals surface area contributed by atoms with Gasteiger partial charge in [-0.1, -0.05) is 94.5 Å². The number of allylic oxidation sites excluding steroid dienone is 4. The molecule has 1 aliphatic heterocycles. The molecule has 0 aliphatic carbocycles. The molecule has 0 radical (unpaired) electrons. The van der Waals surface area contributed by atoms with Gasteiger partial charge in [-0.25, -0.2) is 4.79 Å². The van der Waals surface area contributed by atoms with Crippen LogP contribution in [0.15, 0.2) is 72.8 Å². The minimum atomic E-state index is -4.48. The maximum absolute atomic E-state index is 13.1. The molecule has 1 aliphatic rings. The van der Waals surface area contributed by atoms with Crippen LogP contribution in [0.2, 0.25) is 0 Å². The van der Waals surface area contributed by atoms with E-state index in [9.17, 15) is 40.7 Å². The standard InChI is InChI=1S/C53H75F6NO9/c1-3-5-6-7-8-9-10-11-12-13-14-15-16-17-18-21-48(61)66-39-45(41-69-51(63)68-38-44-20-19-34-60(4-2)37-44)40-67-49(62)30-31-50(64-35-32-42-22-26-46(27-23-42)52(54,55)56)65-36-33-43-24-28-47(29-25-43)53(57,58)59/h8-9,11-12,22-29,44-45,50H,3-7,10,13-21,30-41H2,1-2H3/b9-8-,12-11-. The Kier molecular flexibility index (Phi) is 29.0. The van der Waals surface area contributed by atoms with E-state index in [1.807, 2.05) is 0 Å². The smallest absolute Gasteiger partial charge is 0.465 e. The highest BCUT2D eigenvalue weighted by atomic mass is 19.4. The first-order chi connectivity index (χ1) is 33.2. The van der Waals surface area contributed by atoms with Gasteiger partial charge in [0.1, 0.15) is 19.8 Å². The van der Waals surface area contributed by atoms with Crippen molar-refractivity contribution in [2.75, 3.05) is 59.3 Å². The number of hydrogen-bond donors (Lipinski definition) is 0. The van der Waals surface area contributed by atoms with Gasteiger partial charge in [0, 0.05) is 25.3 Å². The molecule has 69 heavy (non-hydrogen) atoms. The van der Waals surface area contributed by atoms with Crippen molar-refractivity contribution in [1.82, 2.24) is 4.90 Å². The Labute approximate surface area is 405 Å². The van der Waals surface area contributed by atoms with E-state index in [-0.39, 0.29) is 77.7 Å². The van der Waals surface area contributed by atoms with Gasteiger partial charge in [-0.2, -0.15) is 26.3 Å². The number of halogens is 6. The van der Waals surface area contributed by atoms with Crippen LogP contribution in [0.25, 0.3) is 0 Å². The predicted molar refractivity (Wildman–Crippen MR) is 252 cm³/mol. The van der Waals surface area contributed by atoms with Crippen molar-refractivity contribution >= 4 is 18.1 Å². The average Bonchev–Trinajstić information content (AvgIpc) is 3.33. The second kappa shape index (κ2) is 34.0. The summed E-state index contributed by atoms with van der Waals surface area (Å²) in [6.45, 7) is 6.63. The average molecular weight is 984 g/mol. The fourth-order valence-corrected chi connectivity index (χ4v) is 7.57. The summed E-state index contributed by atoms with van der Waals surface area (Å²) in [6.07, 6.45) is 12.1. The molecular weight excluding hydrogens is 909 g/mol. The molecule has 0 amide bonds. The van der Waals surface area contributed by atoms with Gasteiger partial charge >= 0.3 is 30.4 Å². The van der Waals surface area contributed by atoms with E-state index in [4.69, 9.17) is 28.4 Å². The number of alkyl halides is 6. The van der Waals surface area contributed by atoms with E-state index >= 15 is 0 Å². The Morgan fingerprint density at radius 2 is 1.17 bits per heavy atom. The minimum absolute atomic E-state index is 0.00547. The Morgan fingerprint density at radius 3 is 1.72 bits per heavy atom. The van der Waals surface area contributed by atoms with E-state index in [2.05, 4.69) is 43.1 Å². The quantitative estimate of drug-likeness (QED) is 0.0168. The molecule has 1 fully saturated rings. The summed E-state index contributed by atoms with van der Waals surface area (Å²) < 4.78 is 112. The van der Waals surface area contributed by atoms with Crippen molar-refractivity contribution in [3.05, 3.63) is 95.1 Å². The SMILES string of the molecule is CCCCC/C=C\C/C=C\CCCCCCCC(=O)OCC(COC(=O)CCC(OCCc1ccc(C(F)(F)F)cc1)OCCc1ccc(C(F)(F)F)cc1)COC(=O)OCC1CCCN(CC)C1. The van der Waals surface area contributed by atoms with Crippen LogP contribution >= 0.6 is 0 Å². The summed E-state index contributed by atoms with van der Waals surface area (Å²) >= 11 is 0. The van der Waals surface area contributed by atoms with Crippen LogP contribution in [0.4, 0.5) is 31.1 Å². The molecule has 2 unspecified atom stereocenters. The lowest BCUT2D eigenvalue weighted by Crippen LogP contribution is -2.37. The number of piperidine rings is 1. The zero-order valence-corrected chi connectivity index (χ0v) is 40.6. The molecule has 0 N–H and O–H groups in total. The fourth-order valence-electron chi connectivity index (χ4n) is 7.57. The van der Waals surface area contributed by atoms with Gasteiger partial charge in [0.05, 0.1) is 43.3 Å². The molecule has 0 aromatic heterocycles. The molecule has 3 rings (SSSR count). The summed E-state index contributed by atoms with van der Waals surface area (Å²) in [5, 5.41) is 0. The van der Waals surface area contributed by atoms with E-state index in [1.54, 1.807) is 0 Å². The van der Waals surface area contributed by atoms with Crippen LogP contribution in [0.3, 0.4) is 0 Å². The van der Waals surface area contributed by atoms with Gasteiger partial charge in [-0.3, -0.25) is 9.59 Å². The Balaban J connectivity index is 1.49. The number of benzene rings is 2. The number of rotatable bonds is 34. The third kappa shape index (κ3) is 27.5. The fraction of sp³-hybridized carbons (Fsp3) is 0.642. The number of ether oxygens (including phenoxy) is 6. The van der Waals surface area contributed by atoms with Crippen LogP contribution in [-0.4, -0.2) is 88.6 Å². The molecular formula is C53H75F6NO9. The van der Waals surface area contributed by atoms with Gasteiger partial charge in [0.25, 0.3) is 0 Å². The van der Waals surface area contributed by atoms with Crippen molar-refractivity contribution in [3.8, 4) is 0 Å². The molecule has 0 bridgehead atoms. The first-order valence-electron chi connectivity index (χ1n) is 24.8. The van der Waals surface area contributed by atoms with Crippen molar-refractivity contribution in [3.63, 3.8) is 0 Å². The summed E-state index contributed by atoms with van der Waals surface area (Å²) in [6, 6.07) is 9.27. The van der Waals surface area contributed by atoms with Crippen molar-refractivity contribution in [2.24, 2.45) is 11.8 Å². The lowest BCUT2D eigenvalue weighted by atomic mass is 9.99. The van der Waals surface area contributed by atoms with Crippen molar-refractivity contribution in [1.29, 1.82) is 0 Å². The van der Waals surface area contributed by atoms with Crippen LogP contribution in [0, 0.1) is 11.8 Å². The first-order valence-corrected chi connectivity index (χ1v) is 24.8. The van der Waals surface area contributed by atoms with E-state index in [0.29, 0.717) is 17.5 Å². The maximum atomic E-state index is 13.1. The third-order valence-corrected chi connectivity index (χ3v) is 11.8. The molecule has 0 spiro atoms. The molecule has 388 valence electrons. The highest BCUT2D eigenvalue weighted by Gasteiger charge is 2.31. The zero-order valence-electron chi connectivity index (χ0n) is 40.6. The number of nitrogens with zero attached hydrogens (tertiary/aromatic N) is 1. The van der Waals surface area contributed by atoms with Gasteiger partial charge in [0.15, 0.2) is 6.29 Å². The summed E-state index contributed by atoms with van der Waals surface area (Å²) in [5.74, 6) is -1.58. The van der Waals surface area contributed by atoms with E-state index in [0.717, 1.165) is 102 Å². The highest BCUT2D eigenvalue weighted by Crippen LogP contribution is 2.30. The zero-order chi connectivity index (χ0) is 50.2. The summed E-state index contributed by atoms with van der Waals surface area (Å²) in [7, 11) is 0. The number of carbonyl (C=O) groups excluding carboxylic acids is 3. The topological polar surface area (TPSA) is 110 Å².